The second-order valence-electron chi connectivity index (χ2n) is 5.55. The minimum absolute atomic E-state index is 0.0983. The van der Waals surface area contributed by atoms with Gasteiger partial charge in [-0.3, -0.25) is 9.59 Å². The highest BCUT2D eigenvalue weighted by atomic mass is 16.2. The zero-order valence-corrected chi connectivity index (χ0v) is 12.6. The van der Waals surface area contributed by atoms with Gasteiger partial charge in [0, 0.05) is 26.2 Å². The van der Waals surface area contributed by atoms with Gasteiger partial charge in [-0.2, -0.15) is 0 Å². The van der Waals surface area contributed by atoms with Gasteiger partial charge in [-0.15, -0.1) is 0 Å². The summed E-state index contributed by atoms with van der Waals surface area (Å²) in [4.78, 5) is 30.4. The van der Waals surface area contributed by atoms with E-state index in [0.29, 0.717) is 18.8 Å². The van der Waals surface area contributed by atoms with Gasteiger partial charge in [0.1, 0.15) is 5.69 Å². The molecule has 2 heterocycles. The molecule has 0 saturated carbocycles. The molecule has 0 spiro atoms. The van der Waals surface area contributed by atoms with Crippen LogP contribution < -0.4 is 5.32 Å². The summed E-state index contributed by atoms with van der Waals surface area (Å²) in [7, 11) is 1.71. The van der Waals surface area contributed by atoms with Crippen molar-refractivity contribution < 1.29 is 9.59 Å². The maximum Gasteiger partial charge on any atom is 0.274 e. The minimum Gasteiger partial charge on any atom is -0.349 e. The number of fused-ring (bicyclic) bond motifs is 1. The van der Waals surface area contributed by atoms with E-state index in [1.165, 1.54) is 0 Å². The molecule has 1 aliphatic rings. The summed E-state index contributed by atoms with van der Waals surface area (Å²) in [5.74, 6) is -0.492. The number of hydrogen-bond acceptors (Lipinski definition) is 3. The Hall–Kier alpha value is -2.63. The number of imidazole rings is 1. The molecule has 0 fully saturated rings. The lowest BCUT2D eigenvalue weighted by atomic mass is 10.1. The molecule has 1 aromatic carbocycles. The van der Waals surface area contributed by atoms with Crippen LogP contribution in [0.3, 0.4) is 0 Å². The molecule has 0 bridgehead atoms. The number of carbonyl (C=O) groups is 2. The van der Waals surface area contributed by atoms with Crippen LogP contribution in [-0.4, -0.2) is 39.9 Å². The average molecular weight is 298 g/mol. The highest BCUT2D eigenvalue weighted by Gasteiger charge is 2.30. The highest BCUT2D eigenvalue weighted by Crippen LogP contribution is 2.19. The molecule has 1 N–H and O–H groups in total. The number of benzene rings is 1. The predicted octanol–water partition coefficient (Wildman–Crippen LogP) is 1.46. The first kappa shape index (κ1) is 14.3. The van der Waals surface area contributed by atoms with Crippen molar-refractivity contribution in [3.8, 4) is 0 Å². The molecule has 6 nitrogen and oxygen atoms in total. The number of nitrogens with one attached hydrogen (secondary N) is 1. The Morgan fingerprint density at radius 1 is 1.41 bits per heavy atom. The van der Waals surface area contributed by atoms with Gasteiger partial charge in [-0.1, -0.05) is 30.3 Å². The van der Waals surface area contributed by atoms with Gasteiger partial charge in [0.05, 0.1) is 6.33 Å². The van der Waals surface area contributed by atoms with Gasteiger partial charge in [0.2, 0.25) is 0 Å². The van der Waals surface area contributed by atoms with Crippen LogP contribution in [-0.2, 0) is 6.54 Å². The van der Waals surface area contributed by atoms with Crippen molar-refractivity contribution in [1.82, 2.24) is 19.8 Å². The zero-order chi connectivity index (χ0) is 15.7. The first-order valence-electron chi connectivity index (χ1n) is 7.22. The van der Waals surface area contributed by atoms with Crippen LogP contribution in [0.5, 0.6) is 0 Å². The minimum atomic E-state index is -0.248. The van der Waals surface area contributed by atoms with Gasteiger partial charge in [-0.25, -0.2) is 4.98 Å². The molecule has 2 aromatic rings. The Kier molecular flexibility index (Phi) is 3.66. The third-order valence-electron chi connectivity index (χ3n) is 3.85. The van der Waals surface area contributed by atoms with E-state index in [0.717, 1.165) is 5.56 Å². The lowest BCUT2D eigenvalue weighted by Gasteiger charge is -2.23. The lowest BCUT2D eigenvalue weighted by Crippen LogP contribution is -2.39. The van der Waals surface area contributed by atoms with E-state index < -0.39 is 0 Å². The van der Waals surface area contributed by atoms with Crippen LogP contribution in [0.2, 0.25) is 0 Å². The molecular weight excluding hydrogens is 280 g/mol. The number of aromatic nitrogens is 2. The zero-order valence-electron chi connectivity index (χ0n) is 12.6. The Bertz CT molecular complexity index is 708. The van der Waals surface area contributed by atoms with Gasteiger partial charge >= 0.3 is 0 Å². The molecule has 1 aromatic heterocycles. The largest absolute Gasteiger partial charge is 0.349 e. The van der Waals surface area contributed by atoms with E-state index in [-0.39, 0.29) is 23.6 Å². The highest BCUT2D eigenvalue weighted by molar-refractivity contribution is 6.05. The van der Waals surface area contributed by atoms with Crippen molar-refractivity contribution in [1.29, 1.82) is 0 Å². The maximum atomic E-state index is 12.6. The van der Waals surface area contributed by atoms with E-state index >= 15 is 0 Å². The predicted molar refractivity (Wildman–Crippen MR) is 81.5 cm³/mol. The third-order valence-corrected chi connectivity index (χ3v) is 3.85. The molecular formula is C16H18N4O2. The van der Waals surface area contributed by atoms with Crippen molar-refractivity contribution in [2.24, 2.45) is 0 Å². The number of amides is 2. The number of carbonyl (C=O) groups excluding carboxylic acids is 2. The number of rotatable bonds is 3. The third kappa shape index (κ3) is 2.47. The van der Waals surface area contributed by atoms with E-state index in [1.54, 1.807) is 22.8 Å². The van der Waals surface area contributed by atoms with Gasteiger partial charge in [0.15, 0.2) is 5.69 Å². The van der Waals surface area contributed by atoms with Crippen molar-refractivity contribution >= 4 is 11.8 Å². The number of nitrogens with zero attached hydrogens (tertiary/aromatic N) is 3. The molecule has 3 rings (SSSR count). The van der Waals surface area contributed by atoms with E-state index in [9.17, 15) is 9.59 Å². The van der Waals surface area contributed by atoms with Crippen LogP contribution in [0.25, 0.3) is 0 Å². The Morgan fingerprint density at radius 3 is 2.86 bits per heavy atom. The van der Waals surface area contributed by atoms with Crippen molar-refractivity contribution in [3.05, 3.63) is 53.6 Å². The van der Waals surface area contributed by atoms with Gasteiger partial charge < -0.3 is 14.8 Å². The molecule has 1 aliphatic heterocycles. The standard InChI is InChI=1S/C16H18N4O2/c1-11-8-17-15(21)14-13(18-10-20(11)14)16(22)19(2)9-12-6-4-3-5-7-12/h3-7,10-11H,8-9H2,1-2H3,(H,17,21)/t11-/m0/s1. The van der Waals surface area contributed by atoms with Crippen molar-refractivity contribution in [2.45, 2.75) is 19.5 Å². The molecule has 1 atom stereocenters. The van der Waals surface area contributed by atoms with Crippen LogP contribution in [0.1, 0.15) is 39.5 Å². The smallest absolute Gasteiger partial charge is 0.274 e. The molecule has 6 heteroatoms. The number of hydrogen-bond donors (Lipinski definition) is 1. The molecule has 114 valence electrons. The van der Waals surface area contributed by atoms with Crippen molar-refractivity contribution in [3.63, 3.8) is 0 Å². The monoisotopic (exact) mass is 298 g/mol. The first-order valence-corrected chi connectivity index (χ1v) is 7.22. The van der Waals surface area contributed by atoms with E-state index in [2.05, 4.69) is 10.3 Å². The summed E-state index contributed by atoms with van der Waals surface area (Å²) in [6, 6.07) is 9.81. The SMILES string of the molecule is C[C@H]1CNC(=O)c2c(C(=O)N(C)Cc3ccccc3)ncn21. The van der Waals surface area contributed by atoms with Gasteiger partial charge in [-0.05, 0) is 12.5 Å². The van der Waals surface area contributed by atoms with Gasteiger partial charge in [0.25, 0.3) is 11.8 Å². The second kappa shape index (κ2) is 5.63. The normalized spacial score (nSPS) is 16.8. The summed E-state index contributed by atoms with van der Waals surface area (Å²) in [6.07, 6.45) is 1.57. The fourth-order valence-electron chi connectivity index (χ4n) is 2.61. The summed E-state index contributed by atoms with van der Waals surface area (Å²) in [5.41, 5.74) is 1.59. The molecule has 0 saturated heterocycles. The second-order valence-corrected chi connectivity index (χ2v) is 5.55. The maximum absolute atomic E-state index is 12.6. The molecule has 22 heavy (non-hydrogen) atoms. The van der Waals surface area contributed by atoms with E-state index in [4.69, 9.17) is 0 Å². The Morgan fingerprint density at radius 2 is 2.14 bits per heavy atom. The van der Waals surface area contributed by atoms with Crippen LogP contribution in [0.15, 0.2) is 36.7 Å². The fourth-order valence-corrected chi connectivity index (χ4v) is 2.61. The van der Waals surface area contributed by atoms with E-state index in [1.807, 2.05) is 37.3 Å². The van der Waals surface area contributed by atoms with Crippen molar-refractivity contribution in [2.75, 3.05) is 13.6 Å². The quantitative estimate of drug-likeness (QED) is 0.933. The molecule has 2 amide bonds. The lowest BCUT2D eigenvalue weighted by molar-refractivity contribution is 0.0769. The van der Waals surface area contributed by atoms with Crippen LogP contribution in [0, 0.1) is 0 Å². The average Bonchev–Trinajstić information content (AvgIpc) is 2.97. The summed E-state index contributed by atoms with van der Waals surface area (Å²) in [5, 5.41) is 2.79. The fraction of sp³-hybridized carbons (Fsp3) is 0.312. The molecule has 0 aliphatic carbocycles. The Labute approximate surface area is 128 Å². The van der Waals surface area contributed by atoms with Crippen LogP contribution in [0.4, 0.5) is 0 Å². The molecule has 0 radical (unpaired) electrons. The Balaban J connectivity index is 1.85. The van der Waals surface area contributed by atoms with Crippen LogP contribution >= 0.6 is 0 Å². The first-order chi connectivity index (χ1) is 10.6. The summed E-state index contributed by atoms with van der Waals surface area (Å²) in [6.45, 7) is 3.01. The topological polar surface area (TPSA) is 67.2 Å². The summed E-state index contributed by atoms with van der Waals surface area (Å²) >= 11 is 0. The molecule has 0 unspecified atom stereocenters. The summed E-state index contributed by atoms with van der Waals surface area (Å²) < 4.78 is 1.77.